The molecule has 0 bridgehead atoms. The zero-order chi connectivity index (χ0) is 15.6. The number of rotatable bonds is 16. The number of hydrogen-bond donors (Lipinski definition) is 0. The van der Waals surface area contributed by atoms with Crippen LogP contribution in [0.3, 0.4) is 0 Å². The fraction of sp³-hybridized carbons (Fsp3) is 0.950. The van der Waals surface area contributed by atoms with E-state index < -0.39 is 0 Å². The van der Waals surface area contributed by atoms with Crippen molar-refractivity contribution in [2.75, 3.05) is 0 Å². The summed E-state index contributed by atoms with van der Waals surface area (Å²) in [5.74, 6) is 0.821. The summed E-state index contributed by atoms with van der Waals surface area (Å²) in [7, 11) is 0. The first-order valence-corrected chi connectivity index (χ1v) is 9.72. The van der Waals surface area contributed by atoms with E-state index in [0.717, 1.165) is 18.8 Å². The second kappa shape index (κ2) is 17.5. The van der Waals surface area contributed by atoms with Crippen LogP contribution < -0.4 is 0 Å². The summed E-state index contributed by atoms with van der Waals surface area (Å²) >= 11 is 0. The molecule has 0 aromatic rings. The van der Waals surface area contributed by atoms with Crippen molar-refractivity contribution in [2.24, 2.45) is 5.92 Å². The molecule has 0 unspecified atom stereocenters. The Labute approximate surface area is 134 Å². The molecular formula is C20H39N. The molecule has 1 nitrogen and oxygen atoms in total. The average molecular weight is 294 g/mol. The highest BCUT2D eigenvalue weighted by Gasteiger charge is 2.08. The Bertz CT molecular complexity index is 212. The molecular weight excluding hydrogens is 254 g/mol. The zero-order valence-corrected chi connectivity index (χ0v) is 14.8. The van der Waals surface area contributed by atoms with Gasteiger partial charge in [-0.1, -0.05) is 104 Å². The quantitative estimate of drug-likeness (QED) is 0.272. The Morgan fingerprint density at radius 3 is 1.48 bits per heavy atom. The van der Waals surface area contributed by atoms with Crippen LogP contribution in [0.15, 0.2) is 0 Å². The maximum atomic E-state index is 8.80. The van der Waals surface area contributed by atoms with E-state index in [1.165, 1.54) is 89.9 Å². The van der Waals surface area contributed by atoms with Crippen LogP contribution in [0.25, 0.3) is 0 Å². The molecule has 0 radical (unpaired) electrons. The third kappa shape index (κ3) is 15.7. The van der Waals surface area contributed by atoms with Crippen LogP contribution >= 0.6 is 0 Å². The minimum Gasteiger partial charge on any atom is -0.198 e. The smallest absolute Gasteiger partial charge is 0.0621 e. The Morgan fingerprint density at radius 2 is 1.05 bits per heavy atom. The van der Waals surface area contributed by atoms with Crippen LogP contribution in [0.4, 0.5) is 0 Å². The van der Waals surface area contributed by atoms with Crippen molar-refractivity contribution < 1.29 is 0 Å². The van der Waals surface area contributed by atoms with Gasteiger partial charge >= 0.3 is 0 Å². The molecule has 0 aromatic heterocycles. The van der Waals surface area contributed by atoms with E-state index in [9.17, 15) is 0 Å². The number of unbranched alkanes of at least 4 members (excludes halogenated alkanes) is 10. The zero-order valence-electron chi connectivity index (χ0n) is 14.8. The highest BCUT2D eigenvalue weighted by atomic mass is 14.2. The van der Waals surface area contributed by atoms with E-state index in [0.29, 0.717) is 0 Å². The lowest BCUT2D eigenvalue weighted by Gasteiger charge is -2.15. The Balaban J connectivity index is 3.59. The van der Waals surface area contributed by atoms with E-state index in [-0.39, 0.29) is 0 Å². The van der Waals surface area contributed by atoms with Gasteiger partial charge < -0.3 is 0 Å². The number of hydrogen-bond acceptors (Lipinski definition) is 1. The molecule has 0 aliphatic rings. The number of nitriles is 1. The van der Waals surface area contributed by atoms with Gasteiger partial charge in [-0.2, -0.15) is 5.26 Å². The summed E-state index contributed by atoms with van der Waals surface area (Å²) in [6, 6.07) is 2.33. The van der Waals surface area contributed by atoms with Gasteiger partial charge in [-0.3, -0.25) is 0 Å². The highest BCUT2D eigenvalue weighted by molar-refractivity contribution is 4.72. The van der Waals surface area contributed by atoms with E-state index in [2.05, 4.69) is 19.9 Å². The highest BCUT2D eigenvalue weighted by Crippen LogP contribution is 2.23. The average Bonchev–Trinajstić information content (AvgIpc) is 2.50. The fourth-order valence-corrected chi connectivity index (χ4v) is 3.13. The Morgan fingerprint density at radius 1 is 0.619 bits per heavy atom. The second-order valence-electron chi connectivity index (χ2n) is 6.68. The Hall–Kier alpha value is -0.510. The van der Waals surface area contributed by atoms with Gasteiger partial charge in [0.15, 0.2) is 0 Å². The molecule has 0 aliphatic carbocycles. The third-order valence-electron chi connectivity index (χ3n) is 4.60. The first-order valence-electron chi connectivity index (χ1n) is 9.72. The molecule has 0 aromatic carbocycles. The lowest BCUT2D eigenvalue weighted by Crippen LogP contribution is -2.01. The monoisotopic (exact) mass is 293 g/mol. The van der Waals surface area contributed by atoms with Gasteiger partial charge in [-0.05, 0) is 12.3 Å². The van der Waals surface area contributed by atoms with Gasteiger partial charge in [0.25, 0.3) is 0 Å². The van der Waals surface area contributed by atoms with Gasteiger partial charge in [0.05, 0.1) is 6.07 Å². The minimum absolute atomic E-state index is 0.760. The first kappa shape index (κ1) is 20.5. The van der Waals surface area contributed by atoms with Gasteiger partial charge in [0.2, 0.25) is 0 Å². The van der Waals surface area contributed by atoms with Crippen molar-refractivity contribution in [1.29, 1.82) is 5.26 Å². The fourth-order valence-electron chi connectivity index (χ4n) is 3.13. The molecule has 0 heterocycles. The van der Waals surface area contributed by atoms with Crippen molar-refractivity contribution in [2.45, 2.75) is 117 Å². The van der Waals surface area contributed by atoms with Crippen LogP contribution in [0.2, 0.25) is 0 Å². The van der Waals surface area contributed by atoms with Crippen molar-refractivity contribution in [3.05, 3.63) is 0 Å². The number of nitrogens with zero attached hydrogens (tertiary/aromatic N) is 1. The van der Waals surface area contributed by atoms with Crippen molar-refractivity contribution in [3.8, 4) is 6.07 Å². The van der Waals surface area contributed by atoms with Gasteiger partial charge in [-0.15, -0.1) is 0 Å². The summed E-state index contributed by atoms with van der Waals surface area (Å²) < 4.78 is 0. The molecule has 21 heavy (non-hydrogen) atoms. The van der Waals surface area contributed by atoms with E-state index in [4.69, 9.17) is 5.26 Å². The summed E-state index contributed by atoms with van der Waals surface area (Å²) in [4.78, 5) is 0. The molecule has 124 valence electrons. The Kier molecular flexibility index (Phi) is 17.1. The van der Waals surface area contributed by atoms with Gasteiger partial charge in [0.1, 0.15) is 0 Å². The van der Waals surface area contributed by atoms with Crippen LogP contribution in [-0.2, 0) is 0 Å². The summed E-state index contributed by atoms with van der Waals surface area (Å²) in [5, 5.41) is 8.80. The van der Waals surface area contributed by atoms with Crippen molar-refractivity contribution in [3.63, 3.8) is 0 Å². The predicted octanol–water partition coefficient (Wildman–Crippen LogP) is 7.41. The first-order chi connectivity index (χ1) is 10.3. The normalized spacial score (nSPS) is 11.0. The molecule has 0 spiro atoms. The molecule has 0 N–H and O–H groups in total. The molecule has 0 saturated carbocycles. The summed E-state index contributed by atoms with van der Waals surface area (Å²) in [6.45, 7) is 4.55. The third-order valence-corrected chi connectivity index (χ3v) is 4.60. The van der Waals surface area contributed by atoms with Gasteiger partial charge in [-0.25, -0.2) is 0 Å². The SMILES string of the molecule is CCCCCCCCC(CCC#N)CCCCCCCC. The minimum atomic E-state index is 0.760. The predicted molar refractivity (Wildman–Crippen MR) is 94.3 cm³/mol. The van der Waals surface area contributed by atoms with Crippen molar-refractivity contribution in [1.82, 2.24) is 0 Å². The largest absolute Gasteiger partial charge is 0.198 e. The summed E-state index contributed by atoms with van der Waals surface area (Å²) in [5.41, 5.74) is 0. The van der Waals surface area contributed by atoms with E-state index in [1.54, 1.807) is 0 Å². The van der Waals surface area contributed by atoms with Crippen LogP contribution in [0.5, 0.6) is 0 Å². The molecule has 0 atom stereocenters. The lowest BCUT2D eigenvalue weighted by molar-refractivity contribution is 0.384. The van der Waals surface area contributed by atoms with E-state index >= 15 is 0 Å². The van der Waals surface area contributed by atoms with E-state index in [1.807, 2.05) is 0 Å². The van der Waals surface area contributed by atoms with Crippen LogP contribution in [0, 0.1) is 17.2 Å². The molecule has 0 amide bonds. The standard InChI is InChI=1S/C20H39N/c1-3-5-7-9-11-13-16-20(18-15-19-21)17-14-12-10-8-6-4-2/h20H,3-18H2,1-2H3. The van der Waals surface area contributed by atoms with Crippen LogP contribution in [0.1, 0.15) is 117 Å². The molecule has 0 rings (SSSR count). The van der Waals surface area contributed by atoms with Crippen molar-refractivity contribution >= 4 is 0 Å². The maximum Gasteiger partial charge on any atom is 0.0621 e. The lowest BCUT2D eigenvalue weighted by atomic mass is 9.90. The topological polar surface area (TPSA) is 23.8 Å². The summed E-state index contributed by atoms with van der Waals surface area (Å²) in [6.07, 6.45) is 21.3. The van der Waals surface area contributed by atoms with Crippen LogP contribution in [-0.4, -0.2) is 0 Å². The molecule has 0 saturated heterocycles. The maximum absolute atomic E-state index is 8.80. The molecule has 0 aliphatic heterocycles. The van der Waals surface area contributed by atoms with Gasteiger partial charge in [0, 0.05) is 6.42 Å². The molecule has 0 fully saturated rings. The second-order valence-corrected chi connectivity index (χ2v) is 6.68. The molecule has 1 heteroatoms.